The van der Waals surface area contributed by atoms with Crippen LogP contribution in [0.2, 0.25) is 0 Å². The molecule has 0 bridgehead atoms. The molecule has 0 unspecified atom stereocenters. The lowest BCUT2D eigenvalue weighted by atomic mass is 10.0. The van der Waals surface area contributed by atoms with E-state index in [1.807, 2.05) is 35.7 Å². The number of hydrogen-bond acceptors (Lipinski definition) is 5. The van der Waals surface area contributed by atoms with Crippen LogP contribution >= 0.6 is 0 Å². The Morgan fingerprint density at radius 3 is 2.69 bits per heavy atom. The number of ketones is 1. The zero-order valence-electron chi connectivity index (χ0n) is 16.4. The van der Waals surface area contributed by atoms with Gasteiger partial charge in [-0.1, -0.05) is 18.2 Å². The van der Waals surface area contributed by atoms with Crippen molar-refractivity contribution in [2.24, 2.45) is 0 Å². The molecular formula is C22H22N2O5. The minimum atomic E-state index is -0.513. The topological polar surface area (TPSA) is 90.9 Å². The average molecular weight is 394 g/mol. The monoisotopic (exact) mass is 394 g/mol. The number of carbonyl (C=O) groups excluding carboxylic acids is 2. The van der Waals surface area contributed by atoms with Crippen molar-refractivity contribution >= 4 is 23.0 Å². The van der Waals surface area contributed by atoms with Crippen LogP contribution in [0.4, 0.5) is 5.69 Å². The van der Waals surface area contributed by atoms with Crippen molar-refractivity contribution in [3.05, 3.63) is 81.2 Å². The minimum Gasteiger partial charge on any atom is -0.466 e. The second-order valence-corrected chi connectivity index (χ2v) is 6.70. The van der Waals surface area contributed by atoms with Crippen LogP contribution in [0.3, 0.4) is 0 Å². The standard InChI is InChI=1S/C22H22N2O5/c1-3-29-20(25)12-7-10-18-15(2)21(23-13-5-4-11-19(18)23)22(26)16-8-6-9-17(14-16)24(27)28/h4-6,8-9,11,13-14H,3,7,10,12H2,1-2H3. The van der Waals surface area contributed by atoms with Gasteiger partial charge in [-0.3, -0.25) is 19.7 Å². The molecule has 150 valence electrons. The summed E-state index contributed by atoms with van der Waals surface area (Å²) in [4.78, 5) is 35.4. The minimum absolute atomic E-state index is 0.121. The lowest BCUT2D eigenvalue weighted by Crippen LogP contribution is -2.07. The van der Waals surface area contributed by atoms with E-state index in [0.29, 0.717) is 31.6 Å². The first kappa shape index (κ1) is 20.3. The molecule has 7 heteroatoms. The van der Waals surface area contributed by atoms with Crippen molar-refractivity contribution in [3.63, 3.8) is 0 Å². The van der Waals surface area contributed by atoms with Gasteiger partial charge in [0.1, 0.15) is 0 Å². The van der Waals surface area contributed by atoms with Gasteiger partial charge in [0.15, 0.2) is 0 Å². The summed E-state index contributed by atoms with van der Waals surface area (Å²) in [5, 5.41) is 11.1. The van der Waals surface area contributed by atoms with E-state index in [9.17, 15) is 19.7 Å². The smallest absolute Gasteiger partial charge is 0.305 e. The highest BCUT2D eigenvalue weighted by molar-refractivity contribution is 6.10. The molecule has 1 aromatic carbocycles. The number of hydrogen-bond donors (Lipinski definition) is 0. The number of aryl methyl sites for hydroxylation is 1. The lowest BCUT2D eigenvalue weighted by molar-refractivity contribution is -0.384. The van der Waals surface area contributed by atoms with E-state index in [-0.39, 0.29) is 23.0 Å². The Morgan fingerprint density at radius 2 is 1.97 bits per heavy atom. The zero-order valence-corrected chi connectivity index (χ0v) is 16.4. The van der Waals surface area contributed by atoms with Gasteiger partial charge < -0.3 is 9.14 Å². The summed E-state index contributed by atoms with van der Waals surface area (Å²) in [6.07, 6.45) is 3.35. The molecule has 0 radical (unpaired) electrons. The third-order valence-electron chi connectivity index (χ3n) is 4.87. The molecule has 3 aromatic rings. The van der Waals surface area contributed by atoms with E-state index in [4.69, 9.17) is 4.74 Å². The van der Waals surface area contributed by atoms with Crippen molar-refractivity contribution in [1.82, 2.24) is 4.40 Å². The van der Waals surface area contributed by atoms with E-state index < -0.39 is 4.92 Å². The van der Waals surface area contributed by atoms with Crippen LogP contribution < -0.4 is 0 Å². The molecule has 2 heterocycles. The number of rotatable bonds is 8. The van der Waals surface area contributed by atoms with Crippen molar-refractivity contribution in [1.29, 1.82) is 0 Å². The molecular weight excluding hydrogens is 372 g/mol. The van der Waals surface area contributed by atoms with Gasteiger partial charge in [0.2, 0.25) is 5.78 Å². The van der Waals surface area contributed by atoms with Crippen molar-refractivity contribution in [3.8, 4) is 0 Å². The largest absolute Gasteiger partial charge is 0.466 e. The molecule has 0 aliphatic rings. The quantitative estimate of drug-likeness (QED) is 0.246. The number of esters is 1. The van der Waals surface area contributed by atoms with E-state index in [0.717, 1.165) is 16.6 Å². The summed E-state index contributed by atoms with van der Waals surface area (Å²) in [6, 6.07) is 11.4. The van der Waals surface area contributed by atoms with Gasteiger partial charge in [0.25, 0.3) is 5.69 Å². The summed E-state index contributed by atoms with van der Waals surface area (Å²) in [6.45, 7) is 4.00. The highest BCUT2D eigenvalue weighted by Gasteiger charge is 2.22. The fraction of sp³-hybridized carbons (Fsp3) is 0.273. The van der Waals surface area contributed by atoms with E-state index in [2.05, 4.69) is 0 Å². The van der Waals surface area contributed by atoms with Crippen LogP contribution in [-0.4, -0.2) is 27.7 Å². The van der Waals surface area contributed by atoms with Crippen LogP contribution in [0.25, 0.3) is 5.52 Å². The first-order chi connectivity index (χ1) is 13.9. The van der Waals surface area contributed by atoms with Gasteiger partial charge >= 0.3 is 5.97 Å². The summed E-state index contributed by atoms with van der Waals surface area (Å²) in [5.41, 5.74) is 3.32. The van der Waals surface area contributed by atoms with Crippen LogP contribution in [-0.2, 0) is 16.0 Å². The Balaban J connectivity index is 1.97. The second-order valence-electron chi connectivity index (χ2n) is 6.70. The molecule has 0 amide bonds. The van der Waals surface area contributed by atoms with E-state index in [1.165, 1.54) is 18.2 Å². The molecule has 29 heavy (non-hydrogen) atoms. The Bertz CT molecular complexity index is 1080. The molecule has 7 nitrogen and oxygen atoms in total. The fourth-order valence-electron chi connectivity index (χ4n) is 3.54. The Morgan fingerprint density at radius 1 is 1.17 bits per heavy atom. The van der Waals surface area contributed by atoms with Crippen molar-refractivity contribution in [2.75, 3.05) is 6.61 Å². The maximum atomic E-state index is 13.2. The van der Waals surface area contributed by atoms with Gasteiger partial charge in [0.05, 0.1) is 17.2 Å². The number of ether oxygens (including phenoxy) is 1. The van der Waals surface area contributed by atoms with Crippen LogP contribution in [0.1, 0.15) is 46.9 Å². The number of nitro groups is 1. The SMILES string of the molecule is CCOC(=O)CCCc1c(C)c(C(=O)c2cccc([N+](=O)[O-])c2)n2ccccc12. The maximum Gasteiger partial charge on any atom is 0.305 e. The van der Waals surface area contributed by atoms with Crippen LogP contribution in [0.15, 0.2) is 48.7 Å². The lowest BCUT2D eigenvalue weighted by Gasteiger charge is -2.04. The zero-order chi connectivity index (χ0) is 21.0. The predicted molar refractivity (Wildman–Crippen MR) is 108 cm³/mol. The Labute approximate surface area is 168 Å². The highest BCUT2D eigenvalue weighted by Crippen LogP contribution is 2.27. The number of benzene rings is 1. The third-order valence-corrected chi connectivity index (χ3v) is 4.87. The highest BCUT2D eigenvalue weighted by atomic mass is 16.6. The van der Waals surface area contributed by atoms with Crippen LogP contribution in [0.5, 0.6) is 0 Å². The van der Waals surface area contributed by atoms with Crippen molar-refractivity contribution in [2.45, 2.75) is 33.1 Å². The number of pyridine rings is 1. The molecule has 2 aromatic heterocycles. The Hall–Kier alpha value is -3.48. The number of aromatic nitrogens is 1. The summed E-state index contributed by atoms with van der Waals surface area (Å²) < 4.78 is 6.79. The number of fused-ring (bicyclic) bond motifs is 1. The average Bonchev–Trinajstić information content (AvgIpc) is 2.99. The summed E-state index contributed by atoms with van der Waals surface area (Å²) >= 11 is 0. The molecule has 0 aliphatic carbocycles. The number of non-ortho nitro benzene ring substituents is 1. The molecule has 0 atom stereocenters. The van der Waals surface area contributed by atoms with Gasteiger partial charge in [0, 0.05) is 35.8 Å². The van der Waals surface area contributed by atoms with Crippen LogP contribution in [0, 0.1) is 17.0 Å². The maximum absolute atomic E-state index is 13.2. The molecule has 0 fully saturated rings. The van der Waals surface area contributed by atoms with Gasteiger partial charge in [-0.15, -0.1) is 0 Å². The predicted octanol–water partition coefficient (Wildman–Crippen LogP) is 4.27. The second kappa shape index (κ2) is 8.68. The normalized spacial score (nSPS) is 10.8. The first-order valence-corrected chi connectivity index (χ1v) is 9.47. The van der Waals surface area contributed by atoms with Gasteiger partial charge in [-0.25, -0.2) is 0 Å². The third kappa shape index (κ3) is 4.18. The number of nitrogens with zero attached hydrogens (tertiary/aromatic N) is 2. The summed E-state index contributed by atoms with van der Waals surface area (Å²) in [5.74, 6) is -0.509. The molecule has 0 aliphatic heterocycles. The number of carbonyl (C=O) groups is 2. The molecule has 0 saturated carbocycles. The molecule has 0 spiro atoms. The molecule has 3 rings (SSSR count). The fourth-order valence-corrected chi connectivity index (χ4v) is 3.54. The summed E-state index contributed by atoms with van der Waals surface area (Å²) in [7, 11) is 0. The van der Waals surface area contributed by atoms with Gasteiger partial charge in [-0.05, 0) is 49.9 Å². The van der Waals surface area contributed by atoms with E-state index >= 15 is 0 Å². The van der Waals surface area contributed by atoms with Crippen molar-refractivity contribution < 1.29 is 19.2 Å². The van der Waals surface area contributed by atoms with E-state index in [1.54, 1.807) is 13.0 Å². The Kier molecular flexibility index (Phi) is 6.07. The number of nitro benzene ring substituents is 1. The first-order valence-electron chi connectivity index (χ1n) is 9.47. The van der Waals surface area contributed by atoms with Gasteiger partial charge in [-0.2, -0.15) is 0 Å². The molecule has 0 N–H and O–H groups in total. The molecule has 0 saturated heterocycles.